The van der Waals surface area contributed by atoms with E-state index >= 15 is 0 Å². The number of benzene rings is 1. The number of nitro benzene ring substituents is 1. The van der Waals surface area contributed by atoms with E-state index in [0.29, 0.717) is 11.8 Å². The fraction of sp³-hybridized carbons (Fsp3) is 0.286. The van der Waals surface area contributed by atoms with Crippen molar-refractivity contribution >= 4 is 17.3 Å². The van der Waals surface area contributed by atoms with E-state index in [1.54, 1.807) is 0 Å². The summed E-state index contributed by atoms with van der Waals surface area (Å²) < 4.78 is 0. The molecule has 6 nitrogen and oxygen atoms in total. The van der Waals surface area contributed by atoms with Gasteiger partial charge >= 0.3 is 0 Å². The number of hydrogen-bond donors (Lipinski definition) is 1. The molecule has 2 atom stereocenters. The van der Waals surface area contributed by atoms with Crippen molar-refractivity contribution in [3.63, 3.8) is 0 Å². The Hall–Kier alpha value is -2.50. The molecule has 1 aromatic rings. The van der Waals surface area contributed by atoms with Gasteiger partial charge in [-0.1, -0.05) is 18.2 Å². The summed E-state index contributed by atoms with van der Waals surface area (Å²) in [7, 11) is 0. The third-order valence-corrected chi connectivity index (χ3v) is 3.78. The van der Waals surface area contributed by atoms with Gasteiger partial charge in [-0.25, -0.2) is 5.43 Å². The first-order valence-electron chi connectivity index (χ1n) is 6.43. The van der Waals surface area contributed by atoms with Crippen molar-refractivity contribution < 1.29 is 9.72 Å². The molecule has 3 rings (SSSR count). The largest absolute Gasteiger partial charge is 0.271 e. The zero-order chi connectivity index (χ0) is 14.1. The predicted molar refractivity (Wildman–Crippen MR) is 73.4 cm³/mol. The Kier molecular flexibility index (Phi) is 3.06. The molecule has 0 aliphatic heterocycles. The van der Waals surface area contributed by atoms with Crippen molar-refractivity contribution in [1.82, 2.24) is 5.43 Å². The minimum Gasteiger partial charge on any atom is -0.267 e. The summed E-state index contributed by atoms with van der Waals surface area (Å²) in [6.45, 7) is 0. The average molecular weight is 271 g/mol. The van der Waals surface area contributed by atoms with Crippen LogP contribution in [0, 0.1) is 22.0 Å². The topological polar surface area (TPSA) is 84.6 Å². The molecule has 1 N–H and O–H groups in total. The number of nitrogens with zero attached hydrogens (tertiary/aromatic N) is 2. The minimum absolute atomic E-state index is 0.103. The molecule has 0 unspecified atom stereocenters. The quantitative estimate of drug-likeness (QED) is 0.520. The Morgan fingerprint density at radius 1 is 1.45 bits per heavy atom. The molecule has 0 heterocycles. The van der Waals surface area contributed by atoms with Gasteiger partial charge in [-0.15, -0.1) is 0 Å². The molecule has 1 amide bonds. The van der Waals surface area contributed by atoms with Gasteiger partial charge in [0.05, 0.1) is 4.92 Å². The Morgan fingerprint density at radius 3 is 3.05 bits per heavy atom. The molecular formula is C14H13N3O3. The molecule has 0 spiro atoms. The van der Waals surface area contributed by atoms with Crippen LogP contribution in [0.2, 0.25) is 0 Å². The van der Waals surface area contributed by atoms with Crippen molar-refractivity contribution in [2.45, 2.75) is 12.8 Å². The second-order valence-corrected chi connectivity index (χ2v) is 4.99. The van der Waals surface area contributed by atoms with Crippen LogP contribution in [-0.2, 0) is 0 Å². The van der Waals surface area contributed by atoms with Crippen LogP contribution in [0.4, 0.5) is 5.69 Å². The number of hydrazone groups is 1. The zero-order valence-corrected chi connectivity index (χ0v) is 10.7. The Labute approximate surface area is 115 Å². The molecule has 0 aromatic heterocycles. The van der Waals surface area contributed by atoms with Crippen LogP contribution in [-0.4, -0.2) is 16.5 Å². The first kappa shape index (κ1) is 12.5. The monoisotopic (exact) mass is 271 g/mol. The van der Waals surface area contributed by atoms with Gasteiger partial charge in [0.25, 0.3) is 11.6 Å². The van der Waals surface area contributed by atoms with Crippen LogP contribution < -0.4 is 5.43 Å². The number of amides is 1. The number of nitrogens with one attached hydrogen (secondary N) is 1. The number of fused-ring (bicyclic) bond motifs is 1. The second-order valence-electron chi connectivity index (χ2n) is 4.99. The van der Waals surface area contributed by atoms with Gasteiger partial charge in [-0.2, -0.15) is 5.10 Å². The highest BCUT2D eigenvalue weighted by Crippen LogP contribution is 2.40. The van der Waals surface area contributed by atoms with Crippen molar-refractivity contribution in [3.05, 3.63) is 52.1 Å². The summed E-state index contributed by atoms with van der Waals surface area (Å²) in [6.07, 6.45) is 6.19. The molecule has 6 heteroatoms. The molecule has 102 valence electrons. The minimum atomic E-state index is -0.524. The van der Waals surface area contributed by atoms with Gasteiger partial charge in [0.15, 0.2) is 0 Å². The van der Waals surface area contributed by atoms with Gasteiger partial charge in [-0.05, 0) is 24.8 Å². The van der Waals surface area contributed by atoms with Crippen LogP contribution in [0.25, 0.3) is 0 Å². The smallest absolute Gasteiger partial charge is 0.267 e. The number of carbonyl (C=O) groups is 1. The maximum atomic E-state index is 11.9. The summed E-state index contributed by atoms with van der Waals surface area (Å²) in [4.78, 5) is 22.0. The van der Waals surface area contributed by atoms with Crippen LogP contribution in [0.15, 0.2) is 41.5 Å². The number of non-ortho nitro benzene ring substituents is 1. The Morgan fingerprint density at radius 2 is 2.30 bits per heavy atom. The van der Waals surface area contributed by atoms with E-state index in [0.717, 1.165) is 18.6 Å². The summed E-state index contributed by atoms with van der Waals surface area (Å²) in [5.74, 6) is 0.583. The Bertz CT molecular complexity index is 636. The van der Waals surface area contributed by atoms with Crippen molar-refractivity contribution in [2.24, 2.45) is 16.9 Å². The van der Waals surface area contributed by atoms with E-state index in [1.165, 1.54) is 24.3 Å². The third kappa shape index (κ3) is 2.20. The Balaban J connectivity index is 1.66. The molecular weight excluding hydrogens is 258 g/mol. The number of rotatable bonds is 3. The summed E-state index contributed by atoms with van der Waals surface area (Å²) >= 11 is 0. The highest BCUT2D eigenvalue weighted by Gasteiger charge is 2.38. The third-order valence-electron chi connectivity index (χ3n) is 3.78. The lowest BCUT2D eigenvalue weighted by atomic mass is 9.74. The molecule has 1 saturated carbocycles. The maximum absolute atomic E-state index is 11.9. The van der Waals surface area contributed by atoms with Crippen LogP contribution in [0.3, 0.4) is 0 Å². The van der Waals surface area contributed by atoms with Crippen molar-refractivity contribution in [3.8, 4) is 0 Å². The molecule has 0 saturated heterocycles. The second kappa shape index (κ2) is 4.88. The molecule has 2 aliphatic rings. The van der Waals surface area contributed by atoms with Crippen LogP contribution in [0.5, 0.6) is 0 Å². The van der Waals surface area contributed by atoms with Gasteiger partial charge in [0, 0.05) is 29.3 Å². The van der Waals surface area contributed by atoms with Crippen LogP contribution in [0.1, 0.15) is 23.2 Å². The van der Waals surface area contributed by atoms with Gasteiger partial charge in [0.2, 0.25) is 0 Å². The fourth-order valence-corrected chi connectivity index (χ4v) is 2.61. The molecule has 1 aromatic carbocycles. The summed E-state index contributed by atoms with van der Waals surface area (Å²) in [5, 5.41) is 14.8. The van der Waals surface area contributed by atoms with E-state index < -0.39 is 10.8 Å². The molecule has 0 bridgehead atoms. The lowest BCUT2D eigenvalue weighted by molar-refractivity contribution is -0.384. The van der Waals surface area contributed by atoms with E-state index in [-0.39, 0.29) is 11.3 Å². The maximum Gasteiger partial charge on any atom is 0.271 e. The van der Waals surface area contributed by atoms with E-state index in [1.807, 2.05) is 0 Å². The summed E-state index contributed by atoms with van der Waals surface area (Å²) in [6, 6.07) is 5.61. The number of nitro groups is 1. The zero-order valence-electron chi connectivity index (χ0n) is 10.7. The molecule has 2 aliphatic carbocycles. The van der Waals surface area contributed by atoms with Crippen molar-refractivity contribution in [2.75, 3.05) is 0 Å². The fourth-order valence-electron chi connectivity index (χ4n) is 2.61. The van der Waals surface area contributed by atoms with E-state index in [4.69, 9.17) is 0 Å². The average Bonchev–Trinajstić information content (AvgIpc) is 2.80. The number of carbonyl (C=O) groups excluding carboxylic acids is 1. The van der Waals surface area contributed by atoms with Gasteiger partial charge in [-0.3, -0.25) is 14.9 Å². The molecule has 20 heavy (non-hydrogen) atoms. The summed E-state index contributed by atoms with van der Waals surface area (Å²) in [5.41, 5.74) is 3.61. The predicted octanol–water partition coefficient (Wildman–Crippen LogP) is 2.28. The van der Waals surface area contributed by atoms with Crippen LogP contribution >= 0.6 is 0 Å². The standard InChI is InChI=1S/C14H13N3O3/c18-14(10-4-1-5-11(7-10)17(19)20)16-15-13-8-9-3-2-6-12(9)13/h1-5,7,9,12H,6,8H2,(H,16,18)/b15-13+/t9-,12+/m0/s1. The van der Waals surface area contributed by atoms with E-state index in [2.05, 4.69) is 22.7 Å². The number of allylic oxidation sites excluding steroid dienone is 2. The normalized spacial score (nSPS) is 25.1. The number of hydrogen-bond acceptors (Lipinski definition) is 4. The molecule has 0 radical (unpaired) electrons. The highest BCUT2D eigenvalue weighted by molar-refractivity contribution is 5.98. The lowest BCUT2D eigenvalue weighted by Gasteiger charge is -2.31. The van der Waals surface area contributed by atoms with Gasteiger partial charge in [0.1, 0.15) is 0 Å². The first-order valence-corrected chi connectivity index (χ1v) is 6.43. The first-order chi connectivity index (χ1) is 9.65. The van der Waals surface area contributed by atoms with Gasteiger partial charge < -0.3 is 0 Å². The van der Waals surface area contributed by atoms with Crippen molar-refractivity contribution in [1.29, 1.82) is 0 Å². The SMILES string of the molecule is O=C(N/N=C1\C[C@@H]2C=CC[C@@H]12)c1cccc([N+](=O)[O-])c1. The van der Waals surface area contributed by atoms with E-state index in [9.17, 15) is 14.9 Å². The molecule has 1 fully saturated rings. The lowest BCUT2D eigenvalue weighted by Crippen LogP contribution is -2.35. The highest BCUT2D eigenvalue weighted by atomic mass is 16.6.